The molecule has 0 fully saturated rings. The normalized spacial score (nSPS) is 14.9. The minimum absolute atomic E-state index is 0.217. The Hall–Kier alpha value is -3.72. The largest absolute Gasteiger partial charge is 0.479 e. The van der Waals surface area contributed by atoms with E-state index >= 15 is 0 Å². The lowest BCUT2D eigenvalue weighted by Crippen LogP contribution is -2.43. The molecule has 8 nitrogen and oxygen atoms in total. The summed E-state index contributed by atoms with van der Waals surface area (Å²) in [6, 6.07) is 21.4. The maximum Gasteiger partial charge on any atom is 0.265 e. The van der Waals surface area contributed by atoms with Crippen LogP contribution < -0.4 is 15.4 Å². The van der Waals surface area contributed by atoms with E-state index in [0.29, 0.717) is 41.7 Å². The summed E-state index contributed by atoms with van der Waals surface area (Å²) in [6.45, 7) is 16.9. The van der Waals surface area contributed by atoms with Crippen LogP contribution in [-0.2, 0) is 11.3 Å². The number of carbonyl (C=O) groups excluding carboxylic acids is 2. The molecule has 0 bridgehead atoms. The molecule has 4 rings (SSSR count). The van der Waals surface area contributed by atoms with E-state index in [4.69, 9.17) is 4.74 Å². The van der Waals surface area contributed by atoms with E-state index < -0.39 is 11.7 Å². The average molecular weight is 601 g/mol. The molecule has 1 heterocycles. The summed E-state index contributed by atoms with van der Waals surface area (Å²) in [6.07, 6.45) is 0.467. The highest BCUT2D eigenvalue weighted by atomic mass is 16.5. The first-order chi connectivity index (χ1) is 20.9. The van der Waals surface area contributed by atoms with Gasteiger partial charge in [0.15, 0.2) is 6.10 Å². The molecular weight excluding hydrogens is 552 g/mol. The number of nitrogens with one attached hydrogen (secondary N) is 2. The number of carbonyl (C=O) groups is 2. The second-order valence-electron chi connectivity index (χ2n) is 12.9. The standard InChI is InChI=1S/C36H48N4O4/c1-7-17-39(24-36(5,6)43)18-19-40(22-25(2)3)23-29-20-28(13-15-31(29)27-11-9-8-10-12-27)35(42)37-30-14-16-33-32(21-30)38-34(41)26(4)44-33/h8-16,20-21,25-26,43H,7,17-19,22-24H2,1-6H3,(H,37,42)(H,38,41). The molecule has 1 aliphatic rings. The predicted molar refractivity (Wildman–Crippen MR) is 178 cm³/mol. The lowest BCUT2D eigenvalue weighted by molar-refractivity contribution is -0.122. The van der Waals surface area contributed by atoms with E-state index in [-0.39, 0.29) is 11.8 Å². The number of aliphatic hydroxyl groups is 1. The van der Waals surface area contributed by atoms with Gasteiger partial charge in [-0.2, -0.15) is 0 Å². The molecule has 0 aliphatic carbocycles. The predicted octanol–water partition coefficient (Wildman–Crippen LogP) is 6.27. The molecule has 0 saturated carbocycles. The van der Waals surface area contributed by atoms with E-state index in [2.05, 4.69) is 53.3 Å². The van der Waals surface area contributed by atoms with Crippen molar-refractivity contribution in [3.8, 4) is 16.9 Å². The molecule has 236 valence electrons. The van der Waals surface area contributed by atoms with Gasteiger partial charge in [-0.15, -0.1) is 0 Å². The molecule has 0 saturated heterocycles. The lowest BCUT2D eigenvalue weighted by Gasteiger charge is -2.32. The first kappa shape index (κ1) is 33.2. The first-order valence-electron chi connectivity index (χ1n) is 15.7. The van der Waals surface area contributed by atoms with Crippen LogP contribution in [0.5, 0.6) is 5.75 Å². The molecule has 44 heavy (non-hydrogen) atoms. The van der Waals surface area contributed by atoms with Crippen molar-refractivity contribution in [2.45, 2.75) is 66.2 Å². The van der Waals surface area contributed by atoms with Crippen molar-refractivity contribution >= 4 is 23.2 Å². The van der Waals surface area contributed by atoms with Crippen molar-refractivity contribution in [2.75, 3.05) is 43.4 Å². The summed E-state index contributed by atoms with van der Waals surface area (Å²) in [4.78, 5) is 30.4. The fourth-order valence-corrected chi connectivity index (χ4v) is 5.66. The average Bonchev–Trinajstić information content (AvgIpc) is 2.96. The minimum Gasteiger partial charge on any atom is -0.479 e. The highest BCUT2D eigenvalue weighted by Gasteiger charge is 2.24. The van der Waals surface area contributed by atoms with Gasteiger partial charge in [-0.1, -0.05) is 57.2 Å². The number of anilines is 2. The van der Waals surface area contributed by atoms with Gasteiger partial charge in [0, 0.05) is 44.0 Å². The Balaban J connectivity index is 1.58. The van der Waals surface area contributed by atoms with Crippen molar-refractivity contribution in [1.29, 1.82) is 0 Å². The zero-order valence-corrected chi connectivity index (χ0v) is 27.0. The fraction of sp³-hybridized carbons (Fsp3) is 0.444. The molecule has 2 amide bonds. The number of amides is 2. The molecule has 3 N–H and O–H groups in total. The minimum atomic E-state index is -0.755. The molecule has 1 unspecified atom stereocenters. The molecular formula is C36H48N4O4. The van der Waals surface area contributed by atoms with E-state index in [1.165, 1.54) is 0 Å². The maximum absolute atomic E-state index is 13.5. The number of hydrogen-bond donors (Lipinski definition) is 3. The quantitative estimate of drug-likeness (QED) is 0.202. The van der Waals surface area contributed by atoms with Gasteiger partial charge in [-0.3, -0.25) is 19.4 Å². The zero-order chi connectivity index (χ0) is 31.9. The molecule has 3 aromatic rings. The highest BCUT2D eigenvalue weighted by Crippen LogP contribution is 2.33. The van der Waals surface area contributed by atoms with Crippen LogP contribution in [0.1, 0.15) is 63.9 Å². The summed E-state index contributed by atoms with van der Waals surface area (Å²) < 4.78 is 5.65. The van der Waals surface area contributed by atoms with Gasteiger partial charge >= 0.3 is 0 Å². The second kappa shape index (κ2) is 14.8. The molecule has 1 aliphatic heterocycles. The smallest absolute Gasteiger partial charge is 0.265 e. The van der Waals surface area contributed by atoms with Crippen LogP contribution in [0.15, 0.2) is 66.7 Å². The first-order valence-corrected chi connectivity index (χ1v) is 15.7. The van der Waals surface area contributed by atoms with Crippen LogP contribution in [0.25, 0.3) is 11.1 Å². The Kier molecular flexibility index (Phi) is 11.2. The maximum atomic E-state index is 13.5. The topological polar surface area (TPSA) is 94.1 Å². The van der Waals surface area contributed by atoms with Crippen molar-refractivity contribution in [1.82, 2.24) is 9.80 Å². The van der Waals surface area contributed by atoms with E-state index in [9.17, 15) is 14.7 Å². The molecule has 0 radical (unpaired) electrons. The monoisotopic (exact) mass is 600 g/mol. The third-order valence-corrected chi connectivity index (χ3v) is 7.52. The van der Waals surface area contributed by atoms with E-state index in [1.807, 2.05) is 50.2 Å². The lowest BCUT2D eigenvalue weighted by atomic mass is 9.96. The summed E-state index contributed by atoms with van der Waals surface area (Å²) in [5, 5.41) is 16.3. The zero-order valence-electron chi connectivity index (χ0n) is 27.0. The molecule has 1 atom stereocenters. The summed E-state index contributed by atoms with van der Waals surface area (Å²) in [7, 11) is 0. The number of rotatable bonds is 14. The molecule has 8 heteroatoms. The SMILES string of the molecule is CCCN(CCN(Cc1cc(C(=O)Nc2ccc3c(c2)NC(=O)C(C)O3)ccc1-c1ccccc1)CC(C)C)CC(C)(C)O. The van der Waals surface area contributed by atoms with Crippen molar-refractivity contribution in [3.05, 3.63) is 77.9 Å². The Labute approximate surface area is 262 Å². The molecule has 0 aromatic heterocycles. The number of nitrogens with zero attached hydrogens (tertiary/aromatic N) is 2. The highest BCUT2D eigenvalue weighted by molar-refractivity contribution is 6.05. The molecule has 0 spiro atoms. The van der Waals surface area contributed by atoms with Crippen LogP contribution in [-0.4, -0.2) is 71.1 Å². The third-order valence-electron chi connectivity index (χ3n) is 7.52. The molecule has 3 aromatic carbocycles. The van der Waals surface area contributed by atoms with Gasteiger partial charge in [0.1, 0.15) is 5.75 Å². The summed E-state index contributed by atoms with van der Waals surface area (Å²) in [5.41, 5.74) is 4.20. The number of ether oxygens (including phenoxy) is 1. The number of hydrogen-bond acceptors (Lipinski definition) is 6. The van der Waals surface area contributed by atoms with Gasteiger partial charge in [-0.25, -0.2) is 0 Å². The van der Waals surface area contributed by atoms with Gasteiger partial charge < -0.3 is 20.5 Å². The Morgan fingerprint density at radius 3 is 2.43 bits per heavy atom. The van der Waals surface area contributed by atoms with Gasteiger partial charge in [-0.05, 0) is 86.7 Å². The van der Waals surface area contributed by atoms with Crippen LogP contribution >= 0.6 is 0 Å². The third kappa shape index (κ3) is 9.39. The van der Waals surface area contributed by atoms with Crippen molar-refractivity contribution in [2.24, 2.45) is 5.92 Å². The van der Waals surface area contributed by atoms with Crippen LogP contribution in [0.3, 0.4) is 0 Å². The van der Waals surface area contributed by atoms with Crippen LogP contribution in [0.2, 0.25) is 0 Å². The second-order valence-corrected chi connectivity index (χ2v) is 12.9. The Morgan fingerprint density at radius 1 is 1.02 bits per heavy atom. The van der Waals surface area contributed by atoms with Crippen molar-refractivity contribution < 1.29 is 19.4 Å². The van der Waals surface area contributed by atoms with Gasteiger partial charge in [0.2, 0.25) is 0 Å². The van der Waals surface area contributed by atoms with Crippen molar-refractivity contribution in [3.63, 3.8) is 0 Å². The van der Waals surface area contributed by atoms with Crippen LogP contribution in [0.4, 0.5) is 11.4 Å². The van der Waals surface area contributed by atoms with E-state index in [0.717, 1.165) is 49.3 Å². The number of fused-ring (bicyclic) bond motifs is 1. The Bertz CT molecular complexity index is 1420. The van der Waals surface area contributed by atoms with Crippen LogP contribution in [0, 0.1) is 5.92 Å². The van der Waals surface area contributed by atoms with Gasteiger partial charge in [0.05, 0.1) is 11.3 Å². The van der Waals surface area contributed by atoms with E-state index in [1.54, 1.807) is 25.1 Å². The Morgan fingerprint density at radius 2 is 1.75 bits per heavy atom. The summed E-state index contributed by atoms with van der Waals surface area (Å²) in [5.74, 6) is 0.602. The van der Waals surface area contributed by atoms with Gasteiger partial charge in [0.25, 0.3) is 11.8 Å². The fourth-order valence-electron chi connectivity index (χ4n) is 5.66. The summed E-state index contributed by atoms with van der Waals surface area (Å²) >= 11 is 0. The number of benzene rings is 3.